The summed E-state index contributed by atoms with van der Waals surface area (Å²) in [4.78, 5) is 11.6. The Labute approximate surface area is 88.8 Å². The minimum absolute atomic E-state index is 0.106. The van der Waals surface area contributed by atoms with Crippen molar-refractivity contribution in [2.45, 2.75) is 0 Å². The van der Waals surface area contributed by atoms with Gasteiger partial charge in [-0.1, -0.05) is 11.6 Å². The van der Waals surface area contributed by atoms with Gasteiger partial charge in [0, 0.05) is 10.9 Å². The summed E-state index contributed by atoms with van der Waals surface area (Å²) in [6.07, 6.45) is 0. The maximum Gasteiger partial charge on any atom is 0.225 e. The Morgan fingerprint density at radius 1 is 1.14 bits per heavy atom. The monoisotopic (exact) mass is 227 g/mol. The molecule has 72 valence electrons. The Morgan fingerprint density at radius 3 is 2.29 bits per heavy atom. The highest BCUT2D eigenvalue weighted by Crippen LogP contribution is 2.26. The van der Waals surface area contributed by atoms with Gasteiger partial charge >= 0.3 is 0 Å². The van der Waals surface area contributed by atoms with Gasteiger partial charge in [-0.05, 0) is 6.07 Å². The van der Waals surface area contributed by atoms with E-state index in [-0.39, 0.29) is 11.9 Å². The molecule has 0 spiro atoms. The van der Waals surface area contributed by atoms with E-state index in [4.69, 9.17) is 23.1 Å². The van der Waals surface area contributed by atoms with Crippen LogP contribution in [0.25, 0.3) is 11.4 Å². The smallest absolute Gasteiger partial charge is 0.225 e. The highest BCUT2D eigenvalue weighted by atomic mass is 35.5. The Hall–Kier alpha value is -1.40. The largest absolute Gasteiger partial charge is 0.368 e. The van der Waals surface area contributed by atoms with Crippen LogP contribution in [-0.4, -0.2) is 15.0 Å². The molecule has 0 amide bonds. The van der Waals surface area contributed by atoms with Gasteiger partial charge < -0.3 is 11.5 Å². The summed E-state index contributed by atoms with van der Waals surface area (Å²) < 4.78 is 0.664. The van der Waals surface area contributed by atoms with E-state index in [2.05, 4.69) is 15.0 Å². The molecule has 0 radical (unpaired) electrons. The van der Waals surface area contributed by atoms with Crippen molar-refractivity contribution in [3.8, 4) is 11.4 Å². The summed E-state index contributed by atoms with van der Waals surface area (Å²) in [6, 6.07) is 1.75. The quantitative estimate of drug-likeness (QED) is 0.769. The van der Waals surface area contributed by atoms with Crippen molar-refractivity contribution in [1.82, 2.24) is 15.0 Å². The number of thiophene rings is 1. The van der Waals surface area contributed by atoms with E-state index >= 15 is 0 Å². The van der Waals surface area contributed by atoms with Gasteiger partial charge in [0.25, 0.3) is 0 Å². The molecule has 5 nitrogen and oxygen atoms in total. The minimum atomic E-state index is 0.106. The average Bonchev–Trinajstić information content (AvgIpc) is 2.50. The Bertz CT molecular complexity index is 449. The SMILES string of the molecule is Nc1nc(N)nc(-c2csc(Cl)c2)n1. The van der Waals surface area contributed by atoms with Crippen molar-refractivity contribution in [2.75, 3.05) is 11.5 Å². The van der Waals surface area contributed by atoms with E-state index in [0.717, 1.165) is 5.56 Å². The molecule has 2 aromatic heterocycles. The van der Waals surface area contributed by atoms with Gasteiger partial charge in [-0.15, -0.1) is 11.3 Å². The van der Waals surface area contributed by atoms with E-state index in [1.807, 2.05) is 5.38 Å². The zero-order valence-electron chi connectivity index (χ0n) is 6.94. The van der Waals surface area contributed by atoms with Crippen LogP contribution in [-0.2, 0) is 0 Å². The molecule has 0 fully saturated rings. The van der Waals surface area contributed by atoms with E-state index in [9.17, 15) is 0 Å². The fraction of sp³-hybridized carbons (Fsp3) is 0. The molecule has 0 atom stereocenters. The molecule has 0 bridgehead atoms. The number of nitrogens with zero attached hydrogens (tertiary/aromatic N) is 3. The van der Waals surface area contributed by atoms with Gasteiger partial charge in [-0.2, -0.15) is 15.0 Å². The number of nitrogens with two attached hydrogens (primary N) is 2. The second-order valence-corrected chi connectivity index (χ2v) is 4.06. The maximum absolute atomic E-state index is 5.77. The summed E-state index contributed by atoms with van der Waals surface area (Å²) >= 11 is 7.17. The van der Waals surface area contributed by atoms with E-state index in [0.29, 0.717) is 10.2 Å². The Morgan fingerprint density at radius 2 is 1.79 bits per heavy atom. The summed E-state index contributed by atoms with van der Waals surface area (Å²) in [5, 5.41) is 1.83. The van der Waals surface area contributed by atoms with E-state index < -0.39 is 0 Å². The number of nitrogen functional groups attached to an aromatic ring is 2. The number of rotatable bonds is 1. The molecule has 0 unspecified atom stereocenters. The van der Waals surface area contributed by atoms with Crippen LogP contribution in [0.4, 0.5) is 11.9 Å². The van der Waals surface area contributed by atoms with Gasteiger partial charge in [-0.25, -0.2) is 0 Å². The van der Waals surface area contributed by atoms with Crippen molar-refractivity contribution < 1.29 is 0 Å². The number of anilines is 2. The third kappa shape index (κ3) is 1.75. The van der Waals surface area contributed by atoms with Crippen molar-refractivity contribution in [3.63, 3.8) is 0 Å². The van der Waals surface area contributed by atoms with Crippen LogP contribution in [0.3, 0.4) is 0 Å². The van der Waals surface area contributed by atoms with Crippen LogP contribution in [0.15, 0.2) is 11.4 Å². The summed E-state index contributed by atoms with van der Waals surface area (Å²) in [5.41, 5.74) is 11.7. The first-order valence-corrected chi connectivity index (χ1v) is 4.92. The lowest BCUT2D eigenvalue weighted by Crippen LogP contribution is -2.03. The van der Waals surface area contributed by atoms with Gasteiger partial charge in [0.05, 0.1) is 4.34 Å². The lowest BCUT2D eigenvalue weighted by Gasteiger charge is -1.98. The normalized spacial score (nSPS) is 10.4. The van der Waals surface area contributed by atoms with Gasteiger partial charge in [0.2, 0.25) is 11.9 Å². The molecular formula is C7H6ClN5S. The zero-order chi connectivity index (χ0) is 10.1. The average molecular weight is 228 g/mol. The van der Waals surface area contributed by atoms with Crippen LogP contribution < -0.4 is 11.5 Å². The molecule has 14 heavy (non-hydrogen) atoms. The topological polar surface area (TPSA) is 90.7 Å². The molecule has 0 aliphatic carbocycles. The molecule has 0 aromatic carbocycles. The van der Waals surface area contributed by atoms with Crippen LogP contribution in [0.1, 0.15) is 0 Å². The highest BCUT2D eigenvalue weighted by Gasteiger charge is 2.06. The second kappa shape index (κ2) is 3.39. The zero-order valence-corrected chi connectivity index (χ0v) is 8.51. The summed E-state index contributed by atoms with van der Waals surface area (Å²) in [5.74, 6) is 0.655. The molecule has 4 N–H and O–H groups in total. The van der Waals surface area contributed by atoms with Crippen molar-refractivity contribution in [1.29, 1.82) is 0 Å². The standard InChI is InChI=1S/C7H6ClN5S/c8-4-1-3(2-14-4)5-11-6(9)13-7(10)12-5/h1-2H,(H4,9,10,11,12,13). The third-order valence-corrected chi connectivity index (χ3v) is 2.59. The van der Waals surface area contributed by atoms with Crippen LogP contribution in [0.2, 0.25) is 4.34 Å². The fourth-order valence-corrected chi connectivity index (χ4v) is 1.82. The van der Waals surface area contributed by atoms with Gasteiger partial charge in [0.1, 0.15) is 0 Å². The maximum atomic E-state index is 5.77. The van der Waals surface area contributed by atoms with Gasteiger partial charge in [-0.3, -0.25) is 0 Å². The number of hydrogen-bond acceptors (Lipinski definition) is 6. The number of halogens is 1. The number of hydrogen-bond donors (Lipinski definition) is 2. The Kier molecular flexibility index (Phi) is 2.22. The van der Waals surface area contributed by atoms with Crippen LogP contribution in [0, 0.1) is 0 Å². The summed E-state index contributed by atoms with van der Waals surface area (Å²) in [7, 11) is 0. The highest BCUT2D eigenvalue weighted by molar-refractivity contribution is 7.14. The predicted octanol–water partition coefficient (Wildman–Crippen LogP) is 1.42. The lowest BCUT2D eigenvalue weighted by molar-refractivity contribution is 1.09. The fourth-order valence-electron chi connectivity index (χ4n) is 0.966. The van der Waals surface area contributed by atoms with Crippen molar-refractivity contribution in [3.05, 3.63) is 15.8 Å². The Balaban J connectivity index is 2.51. The first-order chi connectivity index (χ1) is 6.65. The van der Waals surface area contributed by atoms with Gasteiger partial charge in [0.15, 0.2) is 5.82 Å². The number of aromatic nitrogens is 3. The molecule has 2 rings (SSSR count). The van der Waals surface area contributed by atoms with E-state index in [1.165, 1.54) is 11.3 Å². The minimum Gasteiger partial charge on any atom is -0.368 e. The molecule has 7 heteroatoms. The second-order valence-electron chi connectivity index (χ2n) is 2.51. The molecule has 2 heterocycles. The van der Waals surface area contributed by atoms with Crippen LogP contribution >= 0.6 is 22.9 Å². The molecular weight excluding hydrogens is 222 g/mol. The van der Waals surface area contributed by atoms with Crippen molar-refractivity contribution in [2.24, 2.45) is 0 Å². The van der Waals surface area contributed by atoms with E-state index in [1.54, 1.807) is 6.07 Å². The molecule has 0 aliphatic heterocycles. The van der Waals surface area contributed by atoms with Crippen LogP contribution in [0.5, 0.6) is 0 Å². The molecule has 0 saturated carbocycles. The predicted molar refractivity (Wildman–Crippen MR) is 57.0 cm³/mol. The molecule has 0 saturated heterocycles. The lowest BCUT2D eigenvalue weighted by atomic mass is 10.3. The first kappa shape index (κ1) is 9.17. The third-order valence-electron chi connectivity index (χ3n) is 1.50. The first-order valence-electron chi connectivity index (χ1n) is 3.66. The summed E-state index contributed by atoms with van der Waals surface area (Å²) in [6.45, 7) is 0. The molecule has 2 aromatic rings. The van der Waals surface area contributed by atoms with Crippen molar-refractivity contribution >= 4 is 34.8 Å². The molecule has 0 aliphatic rings.